The Morgan fingerprint density at radius 2 is 2.00 bits per heavy atom. The summed E-state index contributed by atoms with van der Waals surface area (Å²) in [5, 5.41) is 6.82. The van der Waals surface area contributed by atoms with E-state index in [4.69, 9.17) is 9.41 Å². The summed E-state index contributed by atoms with van der Waals surface area (Å²) in [4.78, 5) is 20.6. The first-order valence-corrected chi connectivity index (χ1v) is 10.6. The molecule has 2 heterocycles. The lowest BCUT2D eigenvalue weighted by molar-refractivity contribution is -0.132. The average Bonchev–Trinajstić information content (AvgIpc) is 3.23. The first-order chi connectivity index (χ1) is 14.5. The highest BCUT2D eigenvalue weighted by atomic mass is 127. The number of benzene rings is 1. The van der Waals surface area contributed by atoms with E-state index in [9.17, 15) is 4.79 Å². The van der Waals surface area contributed by atoms with Gasteiger partial charge in [0.15, 0.2) is 5.96 Å². The normalized spacial score (nSPS) is 16.9. The van der Waals surface area contributed by atoms with E-state index in [0.717, 1.165) is 37.8 Å². The molecule has 3 rings (SSSR count). The predicted molar refractivity (Wildman–Crippen MR) is 134 cm³/mol. The molecule has 0 aliphatic carbocycles. The third-order valence-corrected chi connectivity index (χ3v) is 5.28. The molecule has 170 valence electrons. The largest absolute Gasteiger partial charge is 0.468 e. The number of amides is 1. The van der Waals surface area contributed by atoms with Crippen molar-refractivity contribution in [3.63, 3.8) is 0 Å². The summed E-state index contributed by atoms with van der Waals surface area (Å²) >= 11 is 0. The molecule has 31 heavy (non-hydrogen) atoms. The fourth-order valence-corrected chi connectivity index (χ4v) is 3.69. The zero-order chi connectivity index (χ0) is 21.3. The second-order valence-corrected chi connectivity index (χ2v) is 7.87. The van der Waals surface area contributed by atoms with Gasteiger partial charge in [0.2, 0.25) is 5.91 Å². The van der Waals surface area contributed by atoms with Gasteiger partial charge in [-0.3, -0.25) is 9.69 Å². The highest BCUT2D eigenvalue weighted by molar-refractivity contribution is 14.0. The van der Waals surface area contributed by atoms with Crippen molar-refractivity contribution in [2.24, 2.45) is 4.99 Å². The van der Waals surface area contributed by atoms with Crippen molar-refractivity contribution in [2.45, 2.75) is 45.4 Å². The number of likely N-dealkylation sites (N-methyl/N-ethyl adjacent to an activating group) is 1. The Labute approximate surface area is 202 Å². The topological polar surface area (TPSA) is 73.1 Å². The van der Waals surface area contributed by atoms with Crippen LogP contribution >= 0.6 is 24.0 Å². The highest BCUT2D eigenvalue weighted by Gasteiger charge is 2.23. The molecule has 7 nitrogen and oxygen atoms in total. The van der Waals surface area contributed by atoms with Crippen molar-refractivity contribution in [2.75, 3.05) is 27.2 Å². The summed E-state index contributed by atoms with van der Waals surface area (Å²) in [6.45, 7) is 5.75. The Bertz CT molecular complexity index is 840. The number of piperidine rings is 1. The second-order valence-electron chi connectivity index (χ2n) is 7.87. The molecule has 1 aliphatic heterocycles. The SMILES string of the molecule is CCNC(=NCc1ccccc1CN(C)Cc1ccco1)NC1CCC(=O)N(C)C1.I. The van der Waals surface area contributed by atoms with Crippen LogP contribution < -0.4 is 10.6 Å². The van der Waals surface area contributed by atoms with Crippen molar-refractivity contribution >= 4 is 35.8 Å². The molecule has 8 heteroatoms. The lowest BCUT2D eigenvalue weighted by atomic mass is 10.1. The van der Waals surface area contributed by atoms with E-state index in [1.807, 2.05) is 19.2 Å². The molecule has 0 saturated carbocycles. The fraction of sp³-hybridized carbons (Fsp3) is 0.478. The van der Waals surface area contributed by atoms with Crippen LogP contribution in [-0.2, 0) is 24.4 Å². The van der Waals surface area contributed by atoms with Crippen LogP contribution in [0.1, 0.15) is 36.7 Å². The van der Waals surface area contributed by atoms with Crippen LogP contribution in [0.15, 0.2) is 52.1 Å². The molecule has 0 radical (unpaired) electrons. The summed E-state index contributed by atoms with van der Waals surface area (Å²) in [7, 11) is 3.95. The second kappa shape index (κ2) is 12.7. The minimum absolute atomic E-state index is 0. The number of furan rings is 1. The number of guanidine groups is 1. The van der Waals surface area contributed by atoms with Crippen LogP contribution in [0.3, 0.4) is 0 Å². The Hall–Kier alpha value is -2.07. The lowest BCUT2D eigenvalue weighted by Gasteiger charge is -2.31. The summed E-state index contributed by atoms with van der Waals surface area (Å²) in [6, 6.07) is 12.6. The van der Waals surface area contributed by atoms with Gasteiger partial charge in [0.1, 0.15) is 5.76 Å². The number of likely N-dealkylation sites (tertiary alicyclic amines) is 1. The van der Waals surface area contributed by atoms with Crippen molar-refractivity contribution in [1.82, 2.24) is 20.4 Å². The van der Waals surface area contributed by atoms with Gasteiger partial charge in [0.25, 0.3) is 0 Å². The number of nitrogens with zero attached hydrogens (tertiary/aromatic N) is 3. The molecule has 1 aromatic carbocycles. The minimum Gasteiger partial charge on any atom is -0.468 e. The Morgan fingerprint density at radius 1 is 1.23 bits per heavy atom. The Balaban J connectivity index is 0.00000341. The van der Waals surface area contributed by atoms with Gasteiger partial charge in [-0.1, -0.05) is 24.3 Å². The Morgan fingerprint density at radius 3 is 2.68 bits per heavy atom. The van der Waals surface area contributed by atoms with Crippen LogP contribution in [0, 0.1) is 0 Å². The number of aliphatic imine (C=N–C) groups is 1. The summed E-state index contributed by atoms with van der Waals surface area (Å²) < 4.78 is 5.46. The third kappa shape index (κ3) is 7.84. The van der Waals surface area contributed by atoms with E-state index in [-0.39, 0.29) is 35.9 Å². The number of rotatable bonds is 8. The van der Waals surface area contributed by atoms with Gasteiger partial charge in [-0.2, -0.15) is 0 Å². The van der Waals surface area contributed by atoms with Crippen LogP contribution in [0.2, 0.25) is 0 Å². The molecule has 1 unspecified atom stereocenters. The molecule has 1 amide bonds. The van der Waals surface area contributed by atoms with E-state index in [2.05, 4.69) is 53.8 Å². The van der Waals surface area contributed by atoms with E-state index in [0.29, 0.717) is 19.5 Å². The van der Waals surface area contributed by atoms with Crippen LogP contribution in [-0.4, -0.2) is 54.9 Å². The molecule has 1 aromatic heterocycles. The number of hydrogen-bond acceptors (Lipinski definition) is 4. The van der Waals surface area contributed by atoms with Crippen molar-refractivity contribution in [1.29, 1.82) is 0 Å². The van der Waals surface area contributed by atoms with E-state index < -0.39 is 0 Å². The third-order valence-electron chi connectivity index (χ3n) is 5.28. The van der Waals surface area contributed by atoms with Gasteiger partial charge in [0, 0.05) is 39.1 Å². The minimum atomic E-state index is 0. The molecule has 1 saturated heterocycles. The molecule has 1 aliphatic rings. The summed E-state index contributed by atoms with van der Waals surface area (Å²) in [6.07, 6.45) is 3.13. The number of hydrogen-bond donors (Lipinski definition) is 2. The fourth-order valence-electron chi connectivity index (χ4n) is 3.69. The van der Waals surface area contributed by atoms with Gasteiger partial charge in [-0.25, -0.2) is 4.99 Å². The van der Waals surface area contributed by atoms with Gasteiger partial charge in [0.05, 0.1) is 19.4 Å². The predicted octanol–water partition coefficient (Wildman–Crippen LogP) is 3.21. The van der Waals surface area contributed by atoms with Crippen molar-refractivity contribution in [3.8, 4) is 0 Å². The maximum absolute atomic E-state index is 11.7. The zero-order valence-electron chi connectivity index (χ0n) is 18.6. The maximum atomic E-state index is 11.7. The first-order valence-electron chi connectivity index (χ1n) is 10.6. The number of halogens is 1. The maximum Gasteiger partial charge on any atom is 0.222 e. The number of carbonyl (C=O) groups is 1. The molecule has 2 aromatic rings. The van der Waals surface area contributed by atoms with E-state index in [1.165, 1.54) is 11.1 Å². The van der Waals surface area contributed by atoms with Gasteiger partial charge < -0.3 is 20.0 Å². The summed E-state index contributed by atoms with van der Waals surface area (Å²) in [5.41, 5.74) is 2.46. The number of nitrogens with one attached hydrogen (secondary N) is 2. The van der Waals surface area contributed by atoms with Crippen LogP contribution in [0.5, 0.6) is 0 Å². The van der Waals surface area contributed by atoms with Crippen molar-refractivity contribution in [3.05, 3.63) is 59.5 Å². The van der Waals surface area contributed by atoms with Gasteiger partial charge >= 0.3 is 0 Å². The van der Waals surface area contributed by atoms with Gasteiger partial charge in [-0.15, -0.1) is 24.0 Å². The smallest absolute Gasteiger partial charge is 0.222 e. The molecular weight excluding hydrogens is 505 g/mol. The van der Waals surface area contributed by atoms with E-state index >= 15 is 0 Å². The number of carbonyl (C=O) groups excluding carboxylic acids is 1. The molecule has 1 fully saturated rings. The molecule has 1 atom stereocenters. The lowest BCUT2D eigenvalue weighted by Crippen LogP contribution is -2.51. The zero-order valence-corrected chi connectivity index (χ0v) is 21.0. The van der Waals surface area contributed by atoms with Gasteiger partial charge in [-0.05, 0) is 43.7 Å². The summed E-state index contributed by atoms with van der Waals surface area (Å²) in [5.74, 6) is 1.97. The highest BCUT2D eigenvalue weighted by Crippen LogP contribution is 2.15. The first kappa shape index (κ1) is 25.2. The standard InChI is InChI=1S/C23H33N5O2.HI/c1-4-24-23(26-20-11-12-22(29)28(3)16-20)25-14-18-8-5-6-9-19(18)15-27(2)17-21-10-7-13-30-21;/h5-10,13,20H,4,11-12,14-17H2,1-3H3,(H2,24,25,26);1H. The van der Waals surface area contributed by atoms with Crippen LogP contribution in [0.4, 0.5) is 0 Å². The molecule has 0 spiro atoms. The molecular formula is C23H34IN5O2. The van der Waals surface area contributed by atoms with E-state index in [1.54, 1.807) is 11.2 Å². The molecule has 2 N–H and O–H groups in total. The quantitative estimate of drug-likeness (QED) is 0.306. The molecule has 0 bridgehead atoms. The van der Waals surface area contributed by atoms with Crippen LogP contribution in [0.25, 0.3) is 0 Å². The monoisotopic (exact) mass is 539 g/mol. The Kier molecular flexibility index (Phi) is 10.3. The average molecular weight is 539 g/mol. The van der Waals surface area contributed by atoms with Crippen molar-refractivity contribution < 1.29 is 9.21 Å².